The van der Waals surface area contributed by atoms with Crippen molar-refractivity contribution < 1.29 is 14.6 Å². The number of fused-ring (bicyclic) bond motifs is 1. The number of carboxylic acid groups (broad SMARTS) is 1. The van der Waals surface area contributed by atoms with E-state index in [1.165, 1.54) is 0 Å². The van der Waals surface area contributed by atoms with Crippen LogP contribution >= 0.6 is 15.9 Å². The molecule has 3 rings (SSSR count). The zero-order chi connectivity index (χ0) is 14.2. The monoisotopic (exact) mass is 340 g/mol. The van der Waals surface area contributed by atoms with Gasteiger partial charge in [0.2, 0.25) is 0 Å². The van der Waals surface area contributed by atoms with Crippen molar-refractivity contribution in [3.8, 4) is 0 Å². The van der Waals surface area contributed by atoms with Gasteiger partial charge in [-0.15, -0.1) is 0 Å². The fourth-order valence-electron chi connectivity index (χ4n) is 3.60. The minimum Gasteiger partial charge on any atom is -0.480 e. The molecule has 3 atom stereocenters. The van der Waals surface area contributed by atoms with Crippen molar-refractivity contribution in [2.45, 2.75) is 18.4 Å². The van der Waals surface area contributed by atoms with Crippen LogP contribution in [0.1, 0.15) is 18.4 Å². The number of hydrogen-bond donors (Lipinski definition) is 2. The molecule has 1 saturated heterocycles. The first-order chi connectivity index (χ1) is 9.62. The van der Waals surface area contributed by atoms with Crippen LogP contribution < -0.4 is 5.32 Å². The van der Waals surface area contributed by atoms with Crippen molar-refractivity contribution in [1.82, 2.24) is 10.3 Å². The van der Waals surface area contributed by atoms with E-state index >= 15 is 0 Å². The SMILES string of the molecule is O=C(O)COC1(c2ccc(Br)nc2)CCC2CNCC21. The van der Waals surface area contributed by atoms with Gasteiger partial charge in [0.15, 0.2) is 0 Å². The van der Waals surface area contributed by atoms with Gasteiger partial charge in [-0.2, -0.15) is 0 Å². The Morgan fingerprint density at radius 1 is 1.55 bits per heavy atom. The van der Waals surface area contributed by atoms with E-state index in [4.69, 9.17) is 9.84 Å². The number of nitrogens with zero attached hydrogens (tertiary/aromatic N) is 1. The highest BCUT2D eigenvalue weighted by molar-refractivity contribution is 9.10. The lowest BCUT2D eigenvalue weighted by Crippen LogP contribution is -2.38. The first-order valence-corrected chi connectivity index (χ1v) is 7.59. The first-order valence-electron chi connectivity index (χ1n) is 6.80. The molecule has 2 fully saturated rings. The van der Waals surface area contributed by atoms with E-state index in [1.807, 2.05) is 12.1 Å². The number of carboxylic acids is 1. The van der Waals surface area contributed by atoms with Crippen molar-refractivity contribution in [2.24, 2.45) is 11.8 Å². The summed E-state index contributed by atoms with van der Waals surface area (Å²) in [7, 11) is 0. The lowest BCUT2D eigenvalue weighted by molar-refractivity contribution is -0.154. The minimum atomic E-state index is -0.927. The third-order valence-corrected chi connectivity index (χ3v) is 4.96. The summed E-state index contributed by atoms with van der Waals surface area (Å²) in [6.45, 7) is 1.60. The molecule has 108 valence electrons. The van der Waals surface area contributed by atoms with E-state index in [0.717, 1.165) is 36.1 Å². The Bertz CT molecular complexity index is 508. The summed E-state index contributed by atoms with van der Waals surface area (Å²) in [6.07, 6.45) is 3.72. The second-order valence-electron chi connectivity index (χ2n) is 5.50. The Labute approximate surface area is 125 Å². The van der Waals surface area contributed by atoms with Crippen LogP contribution in [0.3, 0.4) is 0 Å². The first kappa shape index (κ1) is 14.0. The Balaban J connectivity index is 1.94. The van der Waals surface area contributed by atoms with E-state index in [0.29, 0.717) is 11.8 Å². The molecule has 0 radical (unpaired) electrons. The van der Waals surface area contributed by atoms with Crippen LogP contribution in [0.4, 0.5) is 0 Å². The number of pyridine rings is 1. The summed E-state index contributed by atoms with van der Waals surface area (Å²) in [6, 6.07) is 3.87. The molecule has 2 N–H and O–H groups in total. The van der Waals surface area contributed by atoms with Gasteiger partial charge in [0.05, 0.1) is 5.60 Å². The summed E-state index contributed by atoms with van der Waals surface area (Å²) < 4.78 is 6.67. The molecule has 0 bridgehead atoms. The van der Waals surface area contributed by atoms with Crippen LogP contribution in [0.5, 0.6) is 0 Å². The smallest absolute Gasteiger partial charge is 0.329 e. The fourth-order valence-corrected chi connectivity index (χ4v) is 3.84. The quantitative estimate of drug-likeness (QED) is 0.817. The molecule has 1 saturated carbocycles. The second kappa shape index (κ2) is 5.42. The van der Waals surface area contributed by atoms with Crippen molar-refractivity contribution in [3.05, 3.63) is 28.5 Å². The predicted molar refractivity (Wildman–Crippen MR) is 76.3 cm³/mol. The van der Waals surface area contributed by atoms with Crippen molar-refractivity contribution in [1.29, 1.82) is 0 Å². The third-order valence-electron chi connectivity index (χ3n) is 4.49. The Kier molecular flexibility index (Phi) is 3.79. The summed E-state index contributed by atoms with van der Waals surface area (Å²) in [5, 5.41) is 12.3. The fraction of sp³-hybridized carbons (Fsp3) is 0.571. The molecule has 2 aliphatic rings. The highest BCUT2D eigenvalue weighted by Crippen LogP contribution is 2.51. The zero-order valence-corrected chi connectivity index (χ0v) is 12.6. The minimum absolute atomic E-state index is 0.265. The lowest BCUT2D eigenvalue weighted by Gasteiger charge is -2.35. The number of halogens is 1. The van der Waals surface area contributed by atoms with E-state index < -0.39 is 11.6 Å². The van der Waals surface area contributed by atoms with E-state index in [9.17, 15) is 4.79 Å². The second-order valence-corrected chi connectivity index (χ2v) is 6.32. The maximum atomic E-state index is 10.9. The average molecular weight is 341 g/mol. The zero-order valence-electron chi connectivity index (χ0n) is 11.0. The van der Waals surface area contributed by atoms with Gasteiger partial charge in [-0.3, -0.25) is 0 Å². The summed E-state index contributed by atoms with van der Waals surface area (Å²) >= 11 is 3.33. The van der Waals surface area contributed by atoms with E-state index in [-0.39, 0.29) is 6.61 Å². The van der Waals surface area contributed by atoms with E-state index in [1.54, 1.807) is 6.20 Å². The van der Waals surface area contributed by atoms with Crippen LogP contribution in [-0.2, 0) is 15.1 Å². The summed E-state index contributed by atoms with van der Waals surface area (Å²) in [5.74, 6) is -0.0406. The lowest BCUT2D eigenvalue weighted by atomic mass is 9.82. The third kappa shape index (κ3) is 2.36. The van der Waals surface area contributed by atoms with Crippen LogP contribution in [0, 0.1) is 11.8 Å². The Morgan fingerprint density at radius 3 is 3.10 bits per heavy atom. The molecule has 1 aromatic heterocycles. The number of carbonyl (C=O) groups is 1. The van der Waals surface area contributed by atoms with Crippen LogP contribution in [0.25, 0.3) is 0 Å². The molecule has 3 unspecified atom stereocenters. The number of aromatic nitrogens is 1. The molecule has 1 aromatic rings. The van der Waals surface area contributed by atoms with Crippen molar-refractivity contribution >= 4 is 21.9 Å². The molecular formula is C14H17BrN2O3. The normalized spacial score (nSPS) is 32.2. The van der Waals surface area contributed by atoms with Crippen molar-refractivity contribution in [3.63, 3.8) is 0 Å². The molecule has 0 spiro atoms. The maximum Gasteiger partial charge on any atom is 0.329 e. The Hall–Kier alpha value is -0.980. The molecule has 1 aliphatic heterocycles. The number of nitrogens with one attached hydrogen (secondary N) is 1. The predicted octanol–water partition coefficient (Wildman–Crippen LogP) is 1.77. The molecule has 20 heavy (non-hydrogen) atoms. The number of rotatable bonds is 4. The van der Waals surface area contributed by atoms with Gasteiger partial charge in [-0.1, -0.05) is 6.07 Å². The summed E-state index contributed by atoms with van der Waals surface area (Å²) in [4.78, 5) is 15.2. The molecule has 1 aliphatic carbocycles. The number of hydrogen-bond acceptors (Lipinski definition) is 4. The van der Waals surface area contributed by atoms with Crippen LogP contribution in [-0.4, -0.2) is 35.8 Å². The van der Waals surface area contributed by atoms with Gasteiger partial charge in [0.1, 0.15) is 11.2 Å². The molecule has 0 aromatic carbocycles. The summed E-state index contributed by atoms with van der Waals surface area (Å²) in [5.41, 5.74) is 0.471. The topological polar surface area (TPSA) is 71.5 Å². The van der Waals surface area contributed by atoms with Gasteiger partial charge in [-0.25, -0.2) is 9.78 Å². The van der Waals surface area contributed by atoms with Crippen molar-refractivity contribution in [2.75, 3.05) is 19.7 Å². The molecule has 2 heterocycles. The number of aliphatic carboxylic acids is 1. The van der Waals surface area contributed by atoms with Gasteiger partial charge in [-0.05, 0) is 47.3 Å². The highest BCUT2D eigenvalue weighted by Gasteiger charge is 2.52. The largest absolute Gasteiger partial charge is 0.480 e. The molecule has 5 nitrogen and oxygen atoms in total. The van der Waals surface area contributed by atoms with Gasteiger partial charge < -0.3 is 15.2 Å². The van der Waals surface area contributed by atoms with Crippen LogP contribution in [0.2, 0.25) is 0 Å². The molecule has 0 amide bonds. The van der Waals surface area contributed by atoms with Gasteiger partial charge in [0, 0.05) is 24.2 Å². The number of ether oxygens (including phenoxy) is 1. The molecule has 6 heteroatoms. The van der Waals surface area contributed by atoms with Crippen LogP contribution in [0.15, 0.2) is 22.9 Å². The highest BCUT2D eigenvalue weighted by atomic mass is 79.9. The Morgan fingerprint density at radius 2 is 2.40 bits per heavy atom. The standard InChI is InChI=1S/C14H17BrN2O3/c15-12-2-1-10(6-17-12)14(20-8-13(18)19)4-3-9-5-16-7-11(9)14/h1-2,6,9,11,16H,3-5,7-8H2,(H,18,19). The van der Waals surface area contributed by atoms with E-state index in [2.05, 4.69) is 26.2 Å². The average Bonchev–Trinajstić information content (AvgIpc) is 3.00. The molecular weight excluding hydrogens is 324 g/mol. The van der Waals surface area contributed by atoms with Gasteiger partial charge >= 0.3 is 5.97 Å². The van der Waals surface area contributed by atoms with Gasteiger partial charge in [0.25, 0.3) is 0 Å². The maximum absolute atomic E-state index is 10.9.